The number of anilines is 6. The zero-order chi connectivity index (χ0) is 87.1. The number of nitrogens with zero attached hydrogens (tertiary/aromatic N) is 4. The summed E-state index contributed by atoms with van der Waals surface area (Å²) in [6, 6.07) is 180. The van der Waals surface area contributed by atoms with Crippen LogP contribution in [0, 0.1) is 0 Å². The zero-order valence-corrected chi connectivity index (χ0v) is 71.9. The maximum atomic E-state index is 6.29. The molecule has 0 atom stereocenters. The van der Waals surface area contributed by atoms with Gasteiger partial charge in [-0.15, -0.1) is 0 Å². The van der Waals surface area contributed by atoms with E-state index in [0.717, 1.165) is 123 Å². The van der Waals surface area contributed by atoms with Crippen LogP contribution >= 0.6 is 0 Å². The Balaban J connectivity index is 0.000000142. The number of benzene rings is 22. The van der Waals surface area contributed by atoms with E-state index >= 15 is 0 Å². The van der Waals surface area contributed by atoms with Crippen LogP contribution in [0.3, 0.4) is 0 Å². The van der Waals surface area contributed by atoms with Gasteiger partial charge in [-0.25, -0.2) is 0 Å². The number of hydrogen-bond acceptors (Lipinski definition) is 4. The molecular weight excluding hydrogens is 1600 g/mol. The summed E-state index contributed by atoms with van der Waals surface area (Å²) in [6.07, 6.45) is 0. The Morgan fingerprint density at radius 1 is 0.144 bits per heavy atom. The van der Waals surface area contributed by atoms with Gasteiger partial charge in [0.25, 0.3) is 0 Å². The molecule has 4 aromatic heterocycles. The predicted molar refractivity (Wildman–Crippen MR) is 556 cm³/mol. The van der Waals surface area contributed by atoms with Gasteiger partial charge in [0.05, 0.1) is 27.8 Å². The summed E-state index contributed by atoms with van der Waals surface area (Å²) >= 11 is 0. The number of furan rings is 2. The minimum absolute atomic E-state index is 0.898. The first kappa shape index (κ1) is 76.8. The Morgan fingerprint density at radius 3 is 0.803 bits per heavy atom. The maximum absolute atomic E-state index is 6.29. The van der Waals surface area contributed by atoms with Gasteiger partial charge in [-0.3, -0.25) is 0 Å². The zero-order valence-electron chi connectivity index (χ0n) is 71.9. The molecule has 0 amide bonds. The van der Waals surface area contributed by atoms with Gasteiger partial charge in [0.1, 0.15) is 22.3 Å². The molecule has 618 valence electrons. The molecule has 0 aliphatic heterocycles. The van der Waals surface area contributed by atoms with Gasteiger partial charge >= 0.3 is 0 Å². The molecule has 0 aliphatic carbocycles. The summed E-state index contributed by atoms with van der Waals surface area (Å²) < 4.78 is 17.3. The normalized spacial score (nSPS) is 11.6. The van der Waals surface area contributed by atoms with E-state index in [4.69, 9.17) is 8.83 Å². The quantitative estimate of drug-likeness (QED) is 0.0960. The van der Waals surface area contributed by atoms with Crippen LogP contribution < -0.4 is 9.80 Å². The van der Waals surface area contributed by atoms with Gasteiger partial charge in [-0.2, -0.15) is 0 Å². The molecule has 132 heavy (non-hydrogen) atoms. The Bertz CT molecular complexity index is 8790. The number of hydrogen-bond donors (Lipinski definition) is 0. The number of aromatic nitrogens is 2. The van der Waals surface area contributed by atoms with Crippen molar-refractivity contribution >= 4 is 154 Å². The first-order valence-corrected chi connectivity index (χ1v) is 45.1. The smallest absolute Gasteiger partial charge is 0.136 e. The fourth-order valence-electron chi connectivity index (χ4n) is 20.2. The molecule has 26 aromatic rings. The van der Waals surface area contributed by atoms with Crippen molar-refractivity contribution in [3.05, 3.63) is 497 Å². The van der Waals surface area contributed by atoms with Crippen LogP contribution in [0.15, 0.2) is 506 Å². The lowest BCUT2D eigenvalue weighted by atomic mass is 9.94. The summed E-state index contributed by atoms with van der Waals surface area (Å²) in [6.45, 7) is 0. The molecule has 0 unspecified atom stereocenters. The fraction of sp³-hybridized carbons (Fsp3) is 0. The molecule has 6 heteroatoms. The molecule has 22 aromatic carbocycles. The molecule has 0 saturated heterocycles. The first-order chi connectivity index (χ1) is 65.4. The van der Waals surface area contributed by atoms with Crippen LogP contribution in [0.5, 0.6) is 0 Å². The number of para-hydroxylation sites is 7. The molecule has 0 spiro atoms. The molecular formula is C126H82N4O2. The Kier molecular flexibility index (Phi) is 18.8. The van der Waals surface area contributed by atoms with Crippen LogP contribution in [0.4, 0.5) is 34.1 Å². The van der Waals surface area contributed by atoms with E-state index in [1.807, 2.05) is 24.3 Å². The minimum atomic E-state index is 0.898. The highest BCUT2D eigenvalue weighted by molar-refractivity contribution is 6.26. The van der Waals surface area contributed by atoms with Crippen molar-refractivity contribution in [2.45, 2.75) is 0 Å². The lowest BCUT2D eigenvalue weighted by molar-refractivity contribution is 0.668. The van der Waals surface area contributed by atoms with Gasteiger partial charge < -0.3 is 27.8 Å². The lowest BCUT2D eigenvalue weighted by Gasteiger charge is -2.28. The van der Waals surface area contributed by atoms with Crippen molar-refractivity contribution in [3.63, 3.8) is 0 Å². The summed E-state index contributed by atoms with van der Waals surface area (Å²) in [5, 5.41) is 17.2. The summed E-state index contributed by atoms with van der Waals surface area (Å²) in [5.41, 5.74) is 33.5. The van der Waals surface area contributed by atoms with Crippen molar-refractivity contribution in [2.75, 3.05) is 9.80 Å². The largest absolute Gasteiger partial charge is 0.456 e. The average molecular weight is 1680 g/mol. The minimum Gasteiger partial charge on any atom is -0.456 e. The highest BCUT2D eigenvalue weighted by Gasteiger charge is 2.23. The van der Waals surface area contributed by atoms with Crippen molar-refractivity contribution < 1.29 is 8.83 Å². The molecule has 4 heterocycles. The lowest BCUT2D eigenvalue weighted by Crippen LogP contribution is -2.11. The molecule has 0 N–H and O–H groups in total. The molecule has 6 nitrogen and oxygen atoms in total. The second kappa shape index (κ2) is 32.4. The molecule has 0 bridgehead atoms. The molecule has 26 rings (SSSR count). The van der Waals surface area contributed by atoms with Crippen LogP contribution in [0.25, 0.3) is 209 Å². The van der Waals surface area contributed by atoms with Gasteiger partial charge in [0.2, 0.25) is 0 Å². The molecule has 0 radical (unpaired) electrons. The highest BCUT2D eigenvalue weighted by Crippen LogP contribution is 2.47. The standard InChI is InChI=1S/C66H42N2O.C60H40N2O/c1-2-16-55-53(14-1)54-15-3-4-17-56(54)62-42-52(37-39-57(55)62)67(50-33-26-45(27-34-50)48-30-38-61-60-20-7-10-23-65(60)69-66(61)41-48)49-31-24-43(25-32-49)46-12-11-13-47(40-46)44-28-35-51(36-29-44)68-63-21-8-5-18-58(63)59-19-6-9-22-64(59)68;1-2-13-44(14-3-1)51-17-4-8-21-56(51)61(49-34-27-43(28-35-49)47-31-38-55-54-20-7-11-24-59(54)63-60(55)40-47)48-32-25-41(26-33-48)45-15-12-16-46(39-45)42-29-36-50(37-30-42)62-57-22-9-5-18-52(57)53-19-6-10-23-58(53)62/h1-42H;1-40H. The second-order valence-corrected chi connectivity index (χ2v) is 34.2. The average Bonchev–Trinajstić information content (AvgIpc) is 1.50. The highest BCUT2D eigenvalue weighted by atomic mass is 16.3. The molecule has 0 aliphatic rings. The van der Waals surface area contributed by atoms with Crippen molar-refractivity contribution in [3.8, 4) is 89.3 Å². The SMILES string of the molecule is c1cc(-c2ccc(N(c3ccc(-c4ccc5c(c4)oc4ccccc45)cc3)c3ccc4c5ccccc5c5ccccc5c4c3)cc2)cc(-c2ccc(-n3c4ccccc4c4ccccc43)cc2)c1.c1ccc(-c2ccccc2N(c2ccc(-c3cccc(-c4ccc(-n5c6ccccc6c6ccccc65)cc4)c3)cc2)c2ccc(-c3ccc4c(c3)oc3ccccc34)cc2)cc1. The second-order valence-electron chi connectivity index (χ2n) is 34.2. The number of rotatable bonds is 15. The first-order valence-electron chi connectivity index (χ1n) is 45.1. The van der Waals surface area contributed by atoms with Gasteiger partial charge in [0, 0.05) is 88.5 Å². The van der Waals surface area contributed by atoms with Gasteiger partial charge in [-0.1, -0.05) is 334 Å². The Hall–Kier alpha value is -17.6. The van der Waals surface area contributed by atoms with Gasteiger partial charge in [0.15, 0.2) is 0 Å². The van der Waals surface area contributed by atoms with E-state index in [-0.39, 0.29) is 0 Å². The van der Waals surface area contributed by atoms with Crippen LogP contribution in [0.1, 0.15) is 0 Å². The van der Waals surface area contributed by atoms with Crippen molar-refractivity contribution in [1.82, 2.24) is 9.13 Å². The van der Waals surface area contributed by atoms with Crippen LogP contribution in [0.2, 0.25) is 0 Å². The van der Waals surface area contributed by atoms with Crippen molar-refractivity contribution in [2.24, 2.45) is 0 Å². The molecule has 0 saturated carbocycles. The summed E-state index contributed by atoms with van der Waals surface area (Å²) in [7, 11) is 0. The van der Waals surface area contributed by atoms with Crippen molar-refractivity contribution in [1.29, 1.82) is 0 Å². The Morgan fingerprint density at radius 2 is 0.409 bits per heavy atom. The van der Waals surface area contributed by atoms with E-state index < -0.39 is 0 Å². The van der Waals surface area contributed by atoms with E-state index in [0.29, 0.717) is 0 Å². The molecule has 0 fully saturated rings. The fourth-order valence-corrected chi connectivity index (χ4v) is 20.2. The van der Waals surface area contributed by atoms with E-state index in [1.54, 1.807) is 0 Å². The topological polar surface area (TPSA) is 42.6 Å². The predicted octanol–water partition coefficient (Wildman–Crippen LogP) is 35.4. The van der Waals surface area contributed by atoms with E-state index in [2.05, 4.69) is 492 Å². The third kappa shape index (κ3) is 13.6. The number of fused-ring (bicyclic) bond motifs is 18. The van der Waals surface area contributed by atoms with Crippen LogP contribution in [-0.4, -0.2) is 9.13 Å². The third-order valence-corrected chi connectivity index (χ3v) is 26.6. The van der Waals surface area contributed by atoms with E-state index in [9.17, 15) is 0 Å². The van der Waals surface area contributed by atoms with Gasteiger partial charge in [-0.05, 0) is 268 Å². The monoisotopic (exact) mass is 1680 g/mol. The maximum Gasteiger partial charge on any atom is 0.136 e. The summed E-state index contributed by atoms with van der Waals surface area (Å²) in [5.74, 6) is 0. The Labute approximate surface area is 763 Å². The summed E-state index contributed by atoms with van der Waals surface area (Å²) in [4.78, 5) is 4.75. The van der Waals surface area contributed by atoms with E-state index in [1.165, 1.54) is 120 Å². The van der Waals surface area contributed by atoms with Crippen LogP contribution in [-0.2, 0) is 0 Å². The third-order valence-electron chi connectivity index (χ3n) is 26.6.